The summed E-state index contributed by atoms with van der Waals surface area (Å²) in [6.07, 6.45) is 5.00. The lowest BCUT2D eigenvalue weighted by molar-refractivity contribution is -0.122. The van der Waals surface area contributed by atoms with Crippen molar-refractivity contribution in [3.8, 4) is 0 Å². The molecule has 0 saturated carbocycles. The topological polar surface area (TPSA) is 32.3 Å². The van der Waals surface area contributed by atoms with Crippen LogP contribution in [0.15, 0.2) is 24.3 Å². The molecule has 2 rings (SSSR count). The van der Waals surface area contributed by atoms with Gasteiger partial charge in [-0.1, -0.05) is 36.6 Å². The molecule has 4 heteroatoms. The van der Waals surface area contributed by atoms with E-state index in [2.05, 4.69) is 10.2 Å². The van der Waals surface area contributed by atoms with Crippen molar-refractivity contribution in [2.45, 2.75) is 38.6 Å². The van der Waals surface area contributed by atoms with Crippen LogP contribution in [0.1, 0.15) is 44.2 Å². The molecule has 0 spiro atoms. The summed E-state index contributed by atoms with van der Waals surface area (Å²) in [5.74, 6) is 0.106. The summed E-state index contributed by atoms with van der Waals surface area (Å²) in [5, 5.41) is 3.78. The van der Waals surface area contributed by atoms with Crippen LogP contribution in [0, 0.1) is 0 Å². The van der Waals surface area contributed by atoms with Crippen LogP contribution in [0.5, 0.6) is 0 Å². The van der Waals surface area contributed by atoms with Crippen molar-refractivity contribution in [3.63, 3.8) is 0 Å². The molecular weight excluding hydrogens is 272 g/mol. The van der Waals surface area contributed by atoms with Gasteiger partial charge >= 0.3 is 0 Å². The molecule has 1 amide bonds. The number of rotatable bonds is 4. The van der Waals surface area contributed by atoms with Gasteiger partial charge in [0.2, 0.25) is 5.91 Å². The smallest absolute Gasteiger partial charge is 0.234 e. The highest BCUT2D eigenvalue weighted by Gasteiger charge is 2.15. The van der Waals surface area contributed by atoms with Crippen LogP contribution < -0.4 is 5.32 Å². The minimum absolute atomic E-state index is 0.0201. The van der Waals surface area contributed by atoms with Crippen LogP contribution in [0.3, 0.4) is 0 Å². The summed E-state index contributed by atoms with van der Waals surface area (Å²) < 4.78 is 0. The van der Waals surface area contributed by atoms with Crippen LogP contribution in [-0.2, 0) is 4.79 Å². The Balaban J connectivity index is 1.82. The Morgan fingerprint density at radius 3 is 2.40 bits per heavy atom. The van der Waals surface area contributed by atoms with Gasteiger partial charge in [0.1, 0.15) is 0 Å². The van der Waals surface area contributed by atoms with E-state index in [9.17, 15) is 4.79 Å². The van der Waals surface area contributed by atoms with Crippen LogP contribution in [-0.4, -0.2) is 30.4 Å². The van der Waals surface area contributed by atoms with Gasteiger partial charge < -0.3 is 5.32 Å². The molecule has 0 radical (unpaired) electrons. The first-order chi connectivity index (χ1) is 9.65. The van der Waals surface area contributed by atoms with E-state index >= 15 is 0 Å². The molecule has 1 aromatic rings. The van der Waals surface area contributed by atoms with Crippen LogP contribution in [0.25, 0.3) is 0 Å². The lowest BCUT2D eigenvalue weighted by atomic mass is 10.1. The summed E-state index contributed by atoms with van der Waals surface area (Å²) >= 11 is 5.87. The van der Waals surface area contributed by atoms with Crippen molar-refractivity contribution in [3.05, 3.63) is 34.9 Å². The molecule has 1 aliphatic rings. The Kier molecular flexibility index (Phi) is 5.86. The van der Waals surface area contributed by atoms with E-state index < -0.39 is 0 Å². The van der Waals surface area contributed by atoms with E-state index in [-0.39, 0.29) is 11.9 Å². The van der Waals surface area contributed by atoms with Crippen molar-refractivity contribution in [2.75, 3.05) is 19.6 Å². The highest BCUT2D eigenvalue weighted by Crippen LogP contribution is 2.16. The fraction of sp³-hybridized carbons (Fsp3) is 0.562. The molecule has 3 nitrogen and oxygen atoms in total. The highest BCUT2D eigenvalue weighted by atomic mass is 35.5. The molecule has 0 unspecified atom stereocenters. The van der Waals surface area contributed by atoms with Gasteiger partial charge in [0.05, 0.1) is 12.6 Å². The maximum atomic E-state index is 12.1. The molecule has 1 heterocycles. The third kappa shape index (κ3) is 4.80. The van der Waals surface area contributed by atoms with Crippen LogP contribution >= 0.6 is 11.6 Å². The number of amides is 1. The maximum absolute atomic E-state index is 12.1. The fourth-order valence-corrected chi connectivity index (χ4v) is 2.75. The Labute approximate surface area is 126 Å². The summed E-state index contributed by atoms with van der Waals surface area (Å²) in [7, 11) is 0. The van der Waals surface area contributed by atoms with Gasteiger partial charge in [-0.3, -0.25) is 9.69 Å². The quantitative estimate of drug-likeness (QED) is 0.923. The maximum Gasteiger partial charge on any atom is 0.234 e. The second-order valence-corrected chi connectivity index (χ2v) is 5.97. The molecule has 20 heavy (non-hydrogen) atoms. The second kappa shape index (κ2) is 7.65. The van der Waals surface area contributed by atoms with E-state index in [0.29, 0.717) is 6.54 Å². The Morgan fingerprint density at radius 1 is 1.20 bits per heavy atom. The van der Waals surface area contributed by atoms with Crippen LogP contribution in [0.4, 0.5) is 0 Å². The first kappa shape index (κ1) is 15.3. The molecule has 1 saturated heterocycles. The van der Waals surface area contributed by atoms with Crippen molar-refractivity contribution in [2.24, 2.45) is 0 Å². The number of likely N-dealkylation sites (tertiary alicyclic amines) is 1. The number of carbonyl (C=O) groups is 1. The monoisotopic (exact) mass is 294 g/mol. The van der Waals surface area contributed by atoms with Gasteiger partial charge in [-0.25, -0.2) is 0 Å². The average molecular weight is 295 g/mol. The summed E-state index contributed by atoms with van der Waals surface area (Å²) in [5.41, 5.74) is 1.08. The zero-order valence-electron chi connectivity index (χ0n) is 12.1. The molecule has 110 valence electrons. The molecule has 0 aromatic heterocycles. The molecule has 0 bridgehead atoms. The molecule has 0 aliphatic carbocycles. The van der Waals surface area contributed by atoms with Crippen molar-refractivity contribution in [1.29, 1.82) is 0 Å². The second-order valence-electron chi connectivity index (χ2n) is 5.53. The Morgan fingerprint density at radius 2 is 1.80 bits per heavy atom. The lowest BCUT2D eigenvalue weighted by Crippen LogP contribution is -2.38. The Hall–Kier alpha value is -1.06. The minimum atomic E-state index is 0.0201. The molecular formula is C16H23ClN2O. The van der Waals surface area contributed by atoms with Crippen molar-refractivity contribution >= 4 is 17.5 Å². The van der Waals surface area contributed by atoms with E-state index in [4.69, 9.17) is 11.6 Å². The standard InChI is InChI=1S/C16H23ClN2O/c1-13(14-6-8-15(17)9-7-14)18-16(20)12-19-10-4-2-3-5-11-19/h6-9,13H,2-5,10-12H2,1H3,(H,18,20)/t13-/m1/s1. The predicted octanol–water partition coefficient (Wildman–Crippen LogP) is 3.39. The van der Waals surface area contributed by atoms with Crippen molar-refractivity contribution < 1.29 is 4.79 Å². The van der Waals surface area contributed by atoms with E-state index in [1.165, 1.54) is 25.7 Å². The summed E-state index contributed by atoms with van der Waals surface area (Å²) in [4.78, 5) is 14.4. The average Bonchev–Trinajstić information content (AvgIpc) is 2.68. The van der Waals surface area contributed by atoms with Gasteiger partial charge in [-0.2, -0.15) is 0 Å². The van der Waals surface area contributed by atoms with E-state index in [0.717, 1.165) is 23.7 Å². The van der Waals surface area contributed by atoms with Gasteiger partial charge in [-0.05, 0) is 50.6 Å². The number of carbonyl (C=O) groups excluding carboxylic acids is 1. The Bertz CT molecular complexity index is 425. The minimum Gasteiger partial charge on any atom is -0.348 e. The third-order valence-corrected chi connectivity index (χ3v) is 4.07. The number of halogens is 1. The summed E-state index contributed by atoms with van der Waals surface area (Å²) in [6, 6.07) is 7.65. The van der Waals surface area contributed by atoms with Gasteiger partial charge in [0.15, 0.2) is 0 Å². The SMILES string of the molecule is C[C@@H](NC(=O)CN1CCCCCC1)c1ccc(Cl)cc1. The normalized spacial score (nSPS) is 18.3. The molecule has 1 aromatic carbocycles. The molecule has 1 atom stereocenters. The predicted molar refractivity (Wildman–Crippen MR) is 82.9 cm³/mol. The fourth-order valence-electron chi connectivity index (χ4n) is 2.62. The largest absolute Gasteiger partial charge is 0.348 e. The number of nitrogens with zero attached hydrogens (tertiary/aromatic N) is 1. The van der Waals surface area contributed by atoms with E-state index in [1.807, 2.05) is 31.2 Å². The first-order valence-electron chi connectivity index (χ1n) is 7.42. The van der Waals surface area contributed by atoms with Gasteiger partial charge in [0.25, 0.3) is 0 Å². The summed E-state index contributed by atoms with van der Waals surface area (Å²) in [6.45, 7) is 4.60. The zero-order chi connectivity index (χ0) is 14.4. The number of hydrogen-bond acceptors (Lipinski definition) is 2. The van der Waals surface area contributed by atoms with Crippen LogP contribution in [0.2, 0.25) is 5.02 Å². The zero-order valence-corrected chi connectivity index (χ0v) is 12.8. The van der Waals surface area contributed by atoms with E-state index in [1.54, 1.807) is 0 Å². The van der Waals surface area contributed by atoms with Gasteiger partial charge in [-0.15, -0.1) is 0 Å². The van der Waals surface area contributed by atoms with Crippen molar-refractivity contribution in [1.82, 2.24) is 10.2 Å². The van der Waals surface area contributed by atoms with Gasteiger partial charge in [0, 0.05) is 5.02 Å². The molecule has 1 aliphatic heterocycles. The number of hydrogen-bond donors (Lipinski definition) is 1. The molecule has 1 fully saturated rings. The number of benzene rings is 1. The highest BCUT2D eigenvalue weighted by molar-refractivity contribution is 6.30. The number of nitrogens with one attached hydrogen (secondary N) is 1. The third-order valence-electron chi connectivity index (χ3n) is 3.81. The first-order valence-corrected chi connectivity index (χ1v) is 7.80. The lowest BCUT2D eigenvalue weighted by Gasteiger charge is -2.21. The molecule has 1 N–H and O–H groups in total.